The SMILES string of the molecule is CCn1nc(-c2ccc(C)c(S(=O)(=O)Nc3ccccc3)c2)c2c(c1=O)CCCC2. The molecular weight excluding hydrogens is 398 g/mol. The van der Waals surface area contributed by atoms with Crippen molar-refractivity contribution < 1.29 is 8.42 Å². The van der Waals surface area contributed by atoms with Crippen molar-refractivity contribution in [2.75, 3.05) is 4.72 Å². The number of hydrogen-bond donors (Lipinski definition) is 1. The molecule has 0 saturated heterocycles. The third kappa shape index (κ3) is 3.77. The number of hydrogen-bond acceptors (Lipinski definition) is 4. The number of benzene rings is 2. The van der Waals surface area contributed by atoms with Crippen LogP contribution in [0, 0.1) is 6.92 Å². The number of nitrogens with zero attached hydrogens (tertiary/aromatic N) is 2. The van der Waals surface area contributed by atoms with Crippen molar-refractivity contribution in [2.24, 2.45) is 0 Å². The lowest BCUT2D eigenvalue weighted by Crippen LogP contribution is -2.30. The predicted octanol–water partition coefficient (Wildman–Crippen LogP) is 3.92. The Balaban J connectivity index is 1.84. The van der Waals surface area contributed by atoms with Crippen molar-refractivity contribution in [3.05, 3.63) is 75.6 Å². The smallest absolute Gasteiger partial charge is 0.270 e. The Bertz CT molecular complexity index is 1250. The van der Waals surface area contributed by atoms with E-state index in [4.69, 9.17) is 0 Å². The molecular formula is C23H25N3O3S. The highest BCUT2D eigenvalue weighted by molar-refractivity contribution is 7.92. The first-order valence-electron chi connectivity index (χ1n) is 10.2. The fourth-order valence-electron chi connectivity index (χ4n) is 3.98. The summed E-state index contributed by atoms with van der Waals surface area (Å²) in [7, 11) is -3.77. The molecule has 6 nitrogen and oxygen atoms in total. The van der Waals surface area contributed by atoms with Gasteiger partial charge in [-0.3, -0.25) is 9.52 Å². The first-order valence-corrected chi connectivity index (χ1v) is 11.7. The molecule has 30 heavy (non-hydrogen) atoms. The van der Waals surface area contributed by atoms with Gasteiger partial charge in [0.2, 0.25) is 0 Å². The molecule has 0 fully saturated rings. The van der Waals surface area contributed by atoms with Gasteiger partial charge in [-0.15, -0.1) is 0 Å². The molecule has 156 valence electrons. The number of nitrogens with one attached hydrogen (secondary N) is 1. The van der Waals surface area contributed by atoms with E-state index in [0.717, 1.165) is 42.4 Å². The lowest BCUT2D eigenvalue weighted by atomic mass is 9.89. The fraction of sp³-hybridized carbons (Fsp3) is 0.304. The van der Waals surface area contributed by atoms with Crippen molar-refractivity contribution in [3.63, 3.8) is 0 Å². The van der Waals surface area contributed by atoms with E-state index in [1.807, 2.05) is 19.1 Å². The van der Waals surface area contributed by atoms with Crippen molar-refractivity contribution in [3.8, 4) is 11.3 Å². The van der Waals surface area contributed by atoms with Gasteiger partial charge in [0, 0.05) is 23.4 Å². The van der Waals surface area contributed by atoms with Crippen LogP contribution in [0.2, 0.25) is 0 Å². The Morgan fingerprint density at radius 3 is 2.43 bits per heavy atom. The maximum Gasteiger partial charge on any atom is 0.270 e. The third-order valence-corrected chi connectivity index (χ3v) is 7.07. The fourth-order valence-corrected chi connectivity index (χ4v) is 5.31. The van der Waals surface area contributed by atoms with Crippen LogP contribution in [-0.2, 0) is 29.4 Å². The molecule has 0 aliphatic heterocycles. The van der Waals surface area contributed by atoms with Gasteiger partial charge in [-0.05, 0) is 68.9 Å². The van der Waals surface area contributed by atoms with Crippen LogP contribution in [0.15, 0.2) is 58.2 Å². The van der Waals surface area contributed by atoms with Crippen molar-refractivity contribution in [1.82, 2.24) is 9.78 Å². The second-order valence-corrected chi connectivity index (χ2v) is 9.24. The van der Waals surface area contributed by atoms with Crippen molar-refractivity contribution in [2.45, 2.75) is 51.0 Å². The highest BCUT2D eigenvalue weighted by Gasteiger charge is 2.23. The number of sulfonamides is 1. The van der Waals surface area contributed by atoms with Crippen LogP contribution >= 0.6 is 0 Å². The predicted molar refractivity (Wildman–Crippen MR) is 118 cm³/mol. The molecule has 1 heterocycles. The molecule has 1 aliphatic carbocycles. The van der Waals surface area contributed by atoms with Gasteiger partial charge in [0.25, 0.3) is 15.6 Å². The van der Waals surface area contributed by atoms with Crippen LogP contribution in [-0.4, -0.2) is 18.2 Å². The van der Waals surface area contributed by atoms with Gasteiger partial charge in [-0.2, -0.15) is 5.10 Å². The second kappa shape index (κ2) is 8.07. The molecule has 4 rings (SSSR count). The van der Waals surface area contributed by atoms with Gasteiger partial charge in [0.05, 0.1) is 10.6 Å². The van der Waals surface area contributed by atoms with Gasteiger partial charge >= 0.3 is 0 Å². The minimum absolute atomic E-state index is 0.0262. The minimum atomic E-state index is -3.77. The van der Waals surface area contributed by atoms with Crippen LogP contribution in [0.5, 0.6) is 0 Å². The Morgan fingerprint density at radius 2 is 1.73 bits per heavy atom. The second-order valence-electron chi connectivity index (χ2n) is 7.59. The van der Waals surface area contributed by atoms with E-state index in [1.165, 1.54) is 4.68 Å². The highest BCUT2D eigenvalue weighted by Crippen LogP contribution is 2.31. The molecule has 0 saturated carbocycles. The molecule has 1 aliphatic rings. The summed E-state index contributed by atoms with van der Waals surface area (Å²) in [6.45, 7) is 4.15. The van der Waals surface area contributed by atoms with E-state index < -0.39 is 10.0 Å². The Kier molecular flexibility index (Phi) is 5.47. The monoisotopic (exact) mass is 423 g/mol. The third-order valence-electron chi connectivity index (χ3n) is 5.54. The molecule has 7 heteroatoms. The van der Waals surface area contributed by atoms with Crippen molar-refractivity contribution >= 4 is 15.7 Å². The van der Waals surface area contributed by atoms with Gasteiger partial charge in [-0.1, -0.05) is 30.3 Å². The maximum atomic E-state index is 13.1. The minimum Gasteiger partial charge on any atom is -0.280 e. The molecule has 0 unspecified atom stereocenters. The number of aromatic nitrogens is 2. The zero-order valence-electron chi connectivity index (χ0n) is 17.2. The lowest BCUT2D eigenvalue weighted by Gasteiger charge is -2.20. The van der Waals surface area contributed by atoms with Crippen LogP contribution in [0.1, 0.15) is 36.5 Å². The van der Waals surface area contributed by atoms with Gasteiger partial charge in [0.1, 0.15) is 0 Å². The molecule has 0 spiro atoms. The van der Waals surface area contributed by atoms with Crippen molar-refractivity contribution in [1.29, 1.82) is 0 Å². The average molecular weight is 424 g/mol. The zero-order chi connectivity index (χ0) is 21.3. The van der Waals surface area contributed by atoms with Crippen LogP contribution in [0.25, 0.3) is 11.3 Å². The first kappa shape index (κ1) is 20.3. The Morgan fingerprint density at radius 1 is 1.03 bits per heavy atom. The zero-order valence-corrected chi connectivity index (χ0v) is 18.0. The summed E-state index contributed by atoms with van der Waals surface area (Å²) >= 11 is 0. The number of rotatable bonds is 5. The quantitative estimate of drug-likeness (QED) is 0.674. The number of anilines is 1. The molecule has 0 amide bonds. The number of fused-ring (bicyclic) bond motifs is 1. The molecule has 1 N–H and O–H groups in total. The lowest BCUT2D eigenvalue weighted by molar-refractivity contribution is 0.581. The summed E-state index contributed by atoms with van der Waals surface area (Å²) in [5.74, 6) is 0. The van der Waals surface area contributed by atoms with Gasteiger partial charge < -0.3 is 0 Å². The molecule has 2 aromatic carbocycles. The van der Waals surface area contributed by atoms with E-state index in [1.54, 1.807) is 43.3 Å². The van der Waals surface area contributed by atoms with Gasteiger partial charge in [0.15, 0.2) is 0 Å². The van der Waals surface area contributed by atoms with E-state index >= 15 is 0 Å². The van der Waals surface area contributed by atoms with Crippen LogP contribution in [0.4, 0.5) is 5.69 Å². The van der Waals surface area contributed by atoms with Gasteiger partial charge in [-0.25, -0.2) is 13.1 Å². The Labute approximate surface area is 176 Å². The topological polar surface area (TPSA) is 81.1 Å². The van der Waals surface area contributed by atoms with Crippen LogP contribution < -0.4 is 10.3 Å². The molecule has 3 aromatic rings. The standard InChI is InChI=1S/C23H25N3O3S/c1-3-26-23(27)20-12-8-7-11-19(20)22(24-26)17-14-13-16(2)21(15-17)30(28,29)25-18-9-5-4-6-10-18/h4-6,9-10,13-15,25H,3,7-8,11-12H2,1-2H3. The van der Waals surface area contributed by atoms with E-state index in [2.05, 4.69) is 9.82 Å². The summed E-state index contributed by atoms with van der Waals surface area (Å²) < 4.78 is 30.3. The molecule has 0 bridgehead atoms. The summed E-state index contributed by atoms with van der Waals surface area (Å²) in [6, 6.07) is 14.2. The summed E-state index contributed by atoms with van der Waals surface area (Å²) in [4.78, 5) is 12.9. The van der Waals surface area contributed by atoms with E-state index in [0.29, 0.717) is 23.5 Å². The largest absolute Gasteiger partial charge is 0.280 e. The molecule has 1 aromatic heterocycles. The highest BCUT2D eigenvalue weighted by atomic mass is 32.2. The van der Waals surface area contributed by atoms with E-state index in [-0.39, 0.29) is 10.5 Å². The maximum absolute atomic E-state index is 13.1. The van der Waals surface area contributed by atoms with E-state index in [9.17, 15) is 13.2 Å². The average Bonchev–Trinajstić information content (AvgIpc) is 2.75. The summed E-state index contributed by atoms with van der Waals surface area (Å²) in [5.41, 5.74) is 4.34. The van der Waals surface area contributed by atoms with Crippen LogP contribution in [0.3, 0.4) is 0 Å². The molecule has 0 atom stereocenters. The summed E-state index contributed by atoms with van der Waals surface area (Å²) in [5, 5.41) is 4.60. The normalized spacial score (nSPS) is 13.7. The number of aryl methyl sites for hydroxylation is 2. The Hall–Kier alpha value is -2.93. The molecule has 0 radical (unpaired) electrons. The number of para-hydroxylation sites is 1. The summed E-state index contributed by atoms with van der Waals surface area (Å²) in [6.07, 6.45) is 3.53. The first-order chi connectivity index (χ1) is 14.4.